The topological polar surface area (TPSA) is 24.7 Å². The zero-order chi connectivity index (χ0) is 17.0. The number of rotatable bonds is 4. The molecule has 0 fully saturated rings. The first-order valence-electron chi connectivity index (χ1n) is 6.61. The molecule has 0 atom stereocenters. The van der Waals surface area contributed by atoms with E-state index in [1.54, 1.807) is 6.92 Å². The molecule has 120 valence electrons. The highest BCUT2D eigenvalue weighted by Gasteiger charge is 2.10. The van der Waals surface area contributed by atoms with Crippen molar-refractivity contribution in [1.82, 2.24) is 0 Å². The van der Waals surface area contributed by atoms with Crippen molar-refractivity contribution in [2.24, 2.45) is 10.2 Å². The van der Waals surface area contributed by atoms with Crippen molar-refractivity contribution < 1.29 is 22.0 Å². The number of hydrogen-bond acceptors (Lipinski definition) is 2. The summed E-state index contributed by atoms with van der Waals surface area (Å²) in [5.41, 5.74) is 0.0366. The molecule has 0 N–H and O–H groups in total. The third-order valence-corrected chi connectivity index (χ3v) is 3.01. The van der Waals surface area contributed by atoms with Crippen LogP contribution in [0.1, 0.15) is 23.6 Å². The van der Waals surface area contributed by atoms with Gasteiger partial charge < -0.3 is 0 Å². The molecule has 2 aromatic carbocycles. The number of benzene rings is 2. The zero-order valence-corrected chi connectivity index (χ0v) is 12.0. The predicted molar refractivity (Wildman–Crippen MR) is 77.2 cm³/mol. The van der Waals surface area contributed by atoms with Crippen molar-refractivity contribution in [3.63, 3.8) is 0 Å². The Kier molecular flexibility index (Phi) is 5.20. The highest BCUT2D eigenvalue weighted by molar-refractivity contribution is 5.83. The third kappa shape index (κ3) is 4.00. The van der Waals surface area contributed by atoms with E-state index in [0.717, 1.165) is 12.4 Å². The lowest BCUT2D eigenvalue weighted by molar-refractivity contribution is 0.447. The van der Waals surface area contributed by atoms with E-state index in [4.69, 9.17) is 0 Å². The molecule has 0 aliphatic heterocycles. The van der Waals surface area contributed by atoms with Gasteiger partial charge in [0, 0.05) is 5.56 Å². The van der Waals surface area contributed by atoms with Gasteiger partial charge in [-0.3, -0.25) is 0 Å². The van der Waals surface area contributed by atoms with Gasteiger partial charge in [0.05, 0.1) is 18.0 Å². The standard InChI is InChI=1S/C16H11F5N2/c1-2-9-3-12(17)11(13(18)4-9)8-23-22-7-10-5-14(19)16(21)15(20)6-10/h3-8H,2H2,1H3/b22-7+,23-8+. The fourth-order valence-corrected chi connectivity index (χ4v) is 1.80. The van der Waals surface area contributed by atoms with Crippen molar-refractivity contribution in [1.29, 1.82) is 0 Å². The monoisotopic (exact) mass is 326 g/mol. The van der Waals surface area contributed by atoms with Crippen LogP contribution in [0.5, 0.6) is 0 Å². The minimum absolute atomic E-state index is 0.0826. The summed E-state index contributed by atoms with van der Waals surface area (Å²) in [7, 11) is 0. The van der Waals surface area contributed by atoms with E-state index in [0.29, 0.717) is 24.1 Å². The van der Waals surface area contributed by atoms with Crippen LogP contribution in [0, 0.1) is 29.1 Å². The van der Waals surface area contributed by atoms with Crippen LogP contribution in [-0.2, 0) is 6.42 Å². The molecule has 0 aliphatic rings. The number of nitrogens with zero attached hydrogens (tertiary/aromatic N) is 2. The Bertz CT molecular complexity index is 738. The van der Waals surface area contributed by atoms with E-state index in [1.165, 1.54) is 12.1 Å². The van der Waals surface area contributed by atoms with Crippen LogP contribution < -0.4 is 0 Å². The summed E-state index contributed by atoms with van der Waals surface area (Å²) in [4.78, 5) is 0. The van der Waals surface area contributed by atoms with Crippen molar-refractivity contribution in [3.8, 4) is 0 Å². The Morgan fingerprint density at radius 2 is 1.30 bits per heavy atom. The highest BCUT2D eigenvalue weighted by Crippen LogP contribution is 2.15. The minimum Gasteiger partial charge on any atom is -0.206 e. The SMILES string of the molecule is CCc1cc(F)c(/C=N/N=C/c2cc(F)c(F)c(F)c2)c(F)c1. The number of hydrogen-bond donors (Lipinski definition) is 0. The van der Waals surface area contributed by atoms with Crippen molar-refractivity contribution >= 4 is 12.4 Å². The smallest absolute Gasteiger partial charge is 0.194 e. The van der Waals surface area contributed by atoms with Crippen molar-refractivity contribution in [2.45, 2.75) is 13.3 Å². The van der Waals surface area contributed by atoms with Crippen LogP contribution in [0.25, 0.3) is 0 Å². The first kappa shape index (κ1) is 16.8. The van der Waals surface area contributed by atoms with Crippen molar-refractivity contribution in [3.05, 3.63) is 70.0 Å². The molecule has 0 unspecified atom stereocenters. The molecule has 0 amide bonds. The molecule has 0 bridgehead atoms. The molecule has 0 saturated heterocycles. The summed E-state index contributed by atoms with van der Waals surface area (Å²) in [5, 5.41) is 6.85. The van der Waals surface area contributed by atoms with E-state index in [2.05, 4.69) is 10.2 Å². The highest BCUT2D eigenvalue weighted by atomic mass is 19.2. The lowest BCUT2D eigenvalue weighted by Gasteiger charge is -2.01. The summed E-state index contributed by atoms with van der Waals surface area (Å²) in [6, 6.07) is 3.79. The van der Waals surface area contributed by atoms with Crippen molar-refractivity contribution in [2.75, 3.05) is 0 Å². The van der Waals surface area contributed by atoms with Crippen LogP contribution in [0.15, 0.2) is 34.5 Å². The molecule has 0 saturated carbocycles. The van der Waals surface area contributed by atoms with Gasteiger partial charge in [-0.15, -0.1) is 0 Å². The second-order valence-electron chi connectivity index (χ2n) is 4.61. The van der Waals surface area contributed by atoms with Gasteiger partial charge in [-0.25, -0.2) is 22.0 Å². The first-order valence-corrected chi connectivity index (χ1v) is 6.61. The summed E-state index contributed by atoms with van der Waals surface area (Å²) in [5.74, 6) is -5.92. The van der Waals surface area contributed by atoms with Crippen LogP contribution in [0.2, 0.25) is 0 Å². The Hall–Kier alpha value is -2.57. The molecule has 0 radical (unpaired) electrons. The lowest BCUT2D eigenvalue weighted by Crippen LogP contribution is -1.97. The molecule has 2 nitrogen and oxygen atoms in total. The van der Waals surface area contributed by atoms with E-state index >= 15 is 0 Å². The second-order valence-corrected chi connectivity index (χ2v) is 4.61. The second kappa shape index (κ2) is 7.13. The molecule has 2 aromatic rings. The Labute approximate surface area is 129 Å². The Balaban J connectivity index is 2.19. The van der Waals surface area contributed by atoms with Gasteiger partial charge in [-0.05, 0) is 36.2 Å². The largest absolute Gasteiger partial charge is 0.206 e. The van der Waals surface area contributed by atoms with Gasteiger partial charge in [-0.2, -0.15) is 10.2 Å². The van der Waals surface area contributed by atoms with E-state index in [1.807, 2.05) is 0 Å². The van der Waals surface area contributed by atoms with Gasteiger partial charge in [0.2, 0.25) is 0 Å². The average molecular weight is 326 g/mol. The van der Waals surface area contributed by atoms with Gasteiger partial charge in [0.25, 0.3) is 0 Å². The van der Waals surface area contributed by atoms with Crippen LogP contribution in [0.4, 0.5) is 22.0 Å². The maximum Gasteiger partial charge on any atom is 0.194 e. The Morgan fingerprint density at radius 1 is 0.783 bits per heavy atom. The predicted octanol–water partition coefficient (Wildman–Crippen LogP) is 4.40. The molecule has 0 aromatic heterocycles. The molecule has 23 heavy (non-hydrogen) atoms. The molecule has 0 spiro atoms. The summed E-state index contributed by atoms with van der Waals surface area (Å²) < 4.78 is 66.1. The first-order chi connectivity index (χ1) is 10.9. The summed E-state index contributed by atoms with van der Waals surface area (Å²) in [6.07, 6.45) is 2.25. The maximum absolute atomic E-state index is 13.7. The normalized spacial score (nSPS) is 11.7. The maximum atomic E-state index is 13.7. The molecule has 7 heteroatoms. The van der Waals surface area contributed by atoms with E-state index in [-0.39, 0.29) is 11.1 Å². The fourth-order valence-electron chi connectivity index (χ4n) is 1.80. The number of halogens is 5. The van der Waals surface area contributed by atoms with Gasteiger partial charge in [0.15, 0.2) is 17.5 Å². The molecular weight excluding hydrogens is 315 g/mol. The van der Waals surface area contributed by atoms with E-state index < -0.39 is 29.1 Å². The molecule has 2 rings (SSSR count). The fraction of sp³-hybridized carbons (Fsp3) is 0.125. The minimum atomic E-state index is -1.59. The number of aryl methyl sites for hydroxylation is 1. The van der Waals surface area contributed by atoms with E-state index in [9.17, 15) is 22.0 Å². The van der Waals surface area contributed by atoms with Gasteiger partial charge >= 0.3 is 0 Å². The lowest BCUT2D eigenvalue weighted by atomic mass is 10.1. The molecule has 0 heterocycles. The quantitative estimate of drug-likeness (QED) is 0.344. The molecular formula is C16H11F5N2. The molecule has 0 aliphatic carbocycles. The summed E-state index contributed by atoms with van der Waals surface area (Å²) >= 11 is 0. The average Bonchev–Trinajstić information content (AvgIpc) is 2.50. The third-order valence-electron chi connectivity index (χ3n) is 3.01. The van der Waals surface area contributed by atoms with Crippen LogP contribution in [-0.4, -0.2) is 12.4 Å². The van der Waals surface area contributed by atoms with Crippen LogP contribution in [0.3, 0.4) is 0 Å². The Morgan fingerprint density at radius 3 is 1.83 bits per heavy atom. The zero-order valence-electron chi connectivity index (χ0n) is 12.0. The van der Waals surface area contributed by atoms with Gasteiger partial charge in [0.1, 0.15) is 11.6 Å². The summed E-state index contributed by atoms with van der Waals surface area (Å²) in [6.45, 7) is 1.76. The van der Waals surface area contributed by atoms with Crippen LogP contribution >= 0.6 is 0 Å². The van der Waals surface area contributed by atoms with Gasteiger partial charge in [-0.1, -0.05) is 6.92 Å².